The van der Waals surface area contributed by atoms with Crippen LogP contribution in [0.3, 0.4) is 0 Å². The van der Waals surface area contributed by atoms with E-state index in [4.69, 9.17) is 5.26 Å². The van der Waals surface area contributed by atoms with Crippen molar-refractivity contribution < 1.29 is 9.18 Å². The van der Waals surface area contributed by atoms with Gasteiger partial charge in [-0.3, -0.25) is 4.79 Å². The van der Waals surface area contributed by atoms with Crippen molar-refractivity contribution in [1.29, 1.82) is 5.26 Å². The molecule has 2 aromatic carbocycles. The first kappa shape index (κ1) is 14.7. The molecule has 4 heteroatoms. The van der Waals surface area contributed by atoms with Gasteiger partial charge in [0, 0.05) is 11.3 Å². The Hall–Kier alpha value is -2.67. The number of nitriles is 1. The van der Waals surface area contributed by atoms with E-state index in [1.165, 1.54) is 18.2 Å². The molecule has 0 unspecified atom stereocenters. The Morgan fingerprint density at radius 1 is 1.14 bits per heavy atom. The molecule has 0 aromatic heterocycles. The molecule has 0 aliphatic carbocycles. The highest BCUT2D eigenvalue weighted by Gasteiger charge is 2.11. The number of hydrogen-bond acceptors (Lipinski definition) is 2. The Morgan fingerprint density at radius 3 is 2.52 bits per heavy atom. The average molecular weight is 282 g/mol. The second-order valence-electron chi connectivity index (χ2n) is 4.99. The summed E-state index contributed by atoms with van der Waals surface area (Å²) in [5, 5.41) is 11.7. The molecule has 0 saturated carbocycles. The molecule has 0 spiro atoms. The molecule has 0 heterocycles. The van der Waals surface area contributed by atoms with Crippen molar-refractivity contribution in [3.8, 4) is 6.07 Å². The van der Waals surface area contributed by atoms with E-state index in [1.54, 1.807) is 26.0 Å². The van der Waals surface area contributed by atoms with Crippen LogP contribution < -0.4 is 5.32 Å². The summed E-state index contributed by atoms with van der Waals surface area (Å²) >= 11 is 0. The number of hydrogen-bond donors (Lipinski definition) is 1. The molecule has 1 amide bonds. The molecular formula is C17H15FN2O. The highest BCUT2D eigenvalue weighted by molar-refractivity contribution is 6.05. The third-order valence-electron chi connectivity index (χ3n) is 3.50. The van der Waals surface area contributed by atoms with Gasteiger partial charge >= 0.3 is 0 Å². The van der Waals surface area contributed by atoms with Gasteiger partial charge in [0.2, 0.25) is 0 Å². The fourth-order valence-corrected chi connectivity index (χ4v) is 2.02. The van der Waals surface area contributed by atoms with Crippen LogP contribution in [0.15, 0.2) is 30.3 Å². The van der Waals surface area contributed by atoms with Crippen molar-refractivity contribution >= 4 is 11.6 Å². The van der Waals surface area contributed by atoms with E-state index in [-0.39, 0.29) is 5.91 Å². The Kier molecular flexibility index (Phi) is 4.04. The van der Waals surface area contributed by atoms with Crippen LogP contribution in [0.1, 0.15) is 32.6 Å². The van der Waals surface area contributed by atoms with Crippen molar-refractivity contribution in [2.24, 2.45) is 0 Å². The minimum absolute atomic E-state index is 0.361. The molecule has 0 radical (unpaired) electrons. The predicted molar refractivity (Wildman–Crippen MR) is 79.7 cm³/mol. The van der Waals surface area contributed by atoms with Crippen LogP contribution in [0.4, 0.5) is 10.1 Å². The second-order valence-corrected chi connectivity index (χ2v) is 4.99. The molecule has 0 aliphatic rings. The highest BCUT2D eigenvalue weighted by atomic mass is 19.1. The fraction of sp³-hybridized carbons (Fsp3) is 0.176. The zero-order chi connectivity index (χ0) is 15.6. The molecule has 0 aliphatic heterocycles. The molecule has 0 atom stereocenters. The van der Waals surface area contributed by atoms with Crippen LogP contribution in [-0.2, 0) is 0 Å². The largest absolute Gasteiger partial charge is 0.322 e. The third kappa shape index (κ3) is 3.09. The smallest absolute Gasteiger partial charge is 0.255 e. The van der Waals surface area contributed by atoms with Gasteiger partial charge in [-0.15, -0.1) is 0 Å². The van der Waals surface area contributed by atoms with E-state index in [9.17, 15) is 9.18 Å². The van der Waals surface area contributed by atoms with Crippen LogP contribution in [-0.4, -0.2) is 5.91 Å². The zero-order valence-electron chi connectivity index (χ0n) is 12.1. The van der Waals surface area contributed by atoms with Crippen LogP contribution in [0.25, 0.3) is 0 Å². The number of benzene rings is 2. The number of anilines is 1. The lowest BCUT2D eigenvalue weighted by atomic mass is 10.0. The summed E-state index contributed by atoms with van der Waals surface area (Å²) in [7, 11) is 0. The van der Waals surface area contributed by atoms with Crippen LogP contribution in [0, 0.1) is 37.9 Å². The average Bonchev–Trinajstić information content (AvgIpc) is 2.44. The maximum atomic E-state index is 13.4. The van der Waals surface area contributed by atoms with Gasteiger partial charge in [0.1, 0.15) is 5.82 Å². The monoisotopic (exact) mass is 282 g/mol. The van der Waals surface area contributed by atoms with Gasteiger partial charge in [-0.2, -0.15) is 5.26 Å². The summed E-state index contributed by atoms with van der Waals surface area (Å²) in [5.41, 5.74) is 3.67. The number of nitrogens with zero attached hydrogens (tertiary/aromatic N) is 1. The van der Waals surface area contributed by atoms with Gasteiger partial charge in [0.25, 0.3) is 5.91 Å². The van der Waals surface area contributed by atoms with E-state index >= 15 is 0 Å². The van der Waals surface area contributed by atoms with E-state index in [0.717, 1.165) is 16.7 Å². The molecule has 0 bridgehead atoms. The lowest BCUT2D eigenvalue weighted by molar-refractivity contribution is 0.102. The number of halogens is 1. The number of aryl methyl sites for hydroxylation is 2. The van der Waals surface area contributed by atoms with Crippen molar-refractivity contribution in [1.82, 2.24) is 0 Å². The Morgan fingerprint density at radius 2 is 1.86 bits per heavy atom. The van der Waals surface area contributed by atoms with E-state index in [0.29, 0.717) is 16.8 Å². The first-order valence-corrected chi connectivity index (χ1v) is 6.51. The molecule has 0 fully saturated rings. The minimum atomic E-state index is -0.393. The first-order valence-electron chi connectivity index (χ1n) is 6.51. The Bertz CT molecular complexity index is 760. The maximum Gasteiger partial charge on any atom is 0.255 e. The Labute approximate surface area is 123 Å². The molecular weight excluding hydrogens is 267 g/mol. The van der Waals surface area contributed by atoms with Gasteiger partial charge in [0.05, 0.1) is 11.6 Å². The number of amides is 1. The quantitative estimate of drug-likeness (QED) is 0.909. The summed E-state index contributed by atoms with van der Waals surface area (Å²) in [6.07, 6.45) is 0. The van der Waals surface area contributed by atoms with Crippen molar-refractivity contribution in [3.05, 3.63) is 64.0 Å². The lowest BCUT2D eigenvalue weighted by Crippen LogP contribution is -2.13. The van der Waals surface area contributed by atoms with Gasteiger partial charge < -0.3 is 5.32 Å². The van der Waals surface area contributed by atoms with Crippen molar-refractivity contribution in [2.75, 3.05) is 5.32 Å². The van der Waals surface area contributed by atoms with Crippen LogP contribution in [0.2, 0.25) is 0 Å². The van der Waals surface area contributed by atoms with Crippen LogP contribution in [0.5, 0.6) is 0 Å². The molecule has 2 rings (SSSR count). The maximum absolute atomic E-state index is 13.4. The summed E-state index contributed by atoms with van der Waals surface area (Å²) in [4.78, 5) is 12.2. The molecule has 21 heavy (non-hydrogen) atoms. The second kappa shape index (κ2) is 5.76. The Balaban J connectivity index is 2.33. The topological polar surface area (TPSA) is 52.9 Å². The molecule has 0 saturated heterocycles. The van der Waals surface area contributed by atoms with Gasteiger partial charge in [-0.1, -0.05) is 6.07 Å². The van der Waals surface area contributed by atoms with Gasteiger partial charge in [0.15, 0.2) is 0 Å². The lowest BCUT2D eigenvalue weighted by Gasteiger charge is -2.11. The SMILES string of the molecule is Cc1ccc(C(=O)Nc2cc(F)cc(C)c2C)cc1C#N. The van der Waals surface area contributed by atoms with E-state index in [1.807, 2.05) is 13.0 Å². The number of carbonyl (C=O) groups excluding carboxylic acids is 1. The van der Waals surface area contributed by atoms with Crippen molar-refractivity contribution in [2.45, 2.75) is 20.8 Å². The number of rotatable bonds is 2. The van der Waals surface area contributed by atoms with Crippen LogP contribution >= 0.6 is 0 Å². The number of nitrogens with one attached hydrogen (secondary N) is 1. The summed E-state index contributed by atoms with van der Waals surface area (Å²) in [6.45, 7) is 5.41. The first-order chi connectivity index (χ1) is 9.92. The summed E-state index contributed by atoms with van der Waals surface area (Å²) < 4.78 is 13.4. The molecule has 2 aromatic rings. The predicted octanol–water partition coefficient (Wildman–Crippen LogP) is 3.87. The normalized spacial score (nSPS) is 10.0. The molecule has 1 N–H and O–H groups in total. The van der Waals surface area contributed by atoms with Gasteiger partial charge in [-0.25, -0.2) is 4.39 Å². The third-order valence-corrected chi connectivity index (χ3v) is 3.50. The minimum Gasteiger partial charge on any atom is -0.322 e. The summed E-state index contributed by atoms with van der Waals surface area (Å²) in [6, 6.07) is 9.66. The van der Waals surface area contributed by atoms with Gasteiger partial charge in [-0.05, 0) is 61.7 Å². The zero-order valence-corrected chi connectivity index (χ0v) is 12.1. The number of carbonyl (C=O) groups is 1. The van der Waals surface area contributed by atoms with E-state index < -0.39 is 5.82 Å². The summed E-state index contributed by atoms with van der Waals surface area (Å²) in [5.74, 6) is -0.755. The van der Waals surface area contributed by atoms with E-state index in [2.05, 4.69) is 5.32 Å². The fourth-order valence-electron chi connectivity index (χ4n) is 2.02. The molecule has 3 nitrogen and oxygen atoms in total. The molecule has 106 valence electrons. The standard InChI is InChI=1S/C17H15FN2O/c1-10-4-5-13(7-14(10)9-19)17(21)20-16-8-15(18)6-11(2)12(16)3/h4-8H,1-3H3,(H,20,21). The highest BCUT2D eigenvalue weighted by Crippen LogP contribution is 2.21. The van der Waals surface area contributed by atoms with Crippen molar-refractivity contribution in [3.63, 3.8) is 0 Å².